The molecule has 2 N–H and O–H groups in total. The smallest absolute Gasteiger partial charge is 0.122 e. The van der Waals surface area contributed by atoms with Gasteiger partial charge in [-0.05, 0) is 31.7 Å². The van der Waals surface area contributed by atoms with Gasteiger partial charge in [0.15, 0.2) is 0 Å². The van der Waals surface area contributed by atoms with Crippen LogP contribution in [-0.4, -0.2) is 31.7 Å². The Kier molecular flexibility index (Phi) is 3.76. The molecule has 2 aromatic rings. The van der Waals surface area contributed by atoms with Crippen LogP contribution in [0.5, 0.6) is 11.5 Å². The molecule has 0 amide bonds. The van der Waals surface area contributed by atoms with E-state index < -0.39 is 0 Å². The van der Waals surface area contributed by atoms with Crippen molar-refractivity contribution in [3.05, 3.63) is 42.0 Å². The van der Waals surface area contributed by atoms with E-state index in [0.29, 0.717) is 6.54 Å². The number of hydrogen-bond donors (Lipinski definition) is 2. The molecule has 1 atom stereocenters. The number of benzene rings is 1. The van der Waals surface area contributed by atoms with Gasteiger partial charge < -0.3 is 14.8 Å². The number of hydrogen-bond acceptors (Lipinski definition) is 4. The summed E-state index contributed by atoms with van der Waals surface area (Å²) in [6.45, 7) is 2.72. The second-order valence-corrected chi connectivity index (χ2v) is 4.83. The lowest BCUT2D eigenvalue weighted by atomic mass is 10.1. The van der Waals surface area contributed by atoms with Crippen LogP contribution < -0.4 is 0 Å². The van der Waals surface area contributed by atoms with Gasteiger partial charge in [-0.3, -0.25) is 4.90 Å². The molecule has 19 heavy (non-hydrogen) atoms. The van der Waals surface area contributed by atoms with Crippen LogP contribution in [-0.2, 0) is 13.6 Å². The number of phenolic OH excluding ortho intramolecular Hbond substituents is 2. The fourth-order valence-electron chi connectivity index (χ4n) is 2.02. The van der Waals surface area contributed by atoms with Crippen LogP contribution in [0.1, 0.15) is 24.4 Å². The van der Waals surface area contributed by atoms with Crippen molar-refractivity contribution in [3.8, 4) is 11.5 Å². The summed E-state index contributed by atoms with van der Waals surface area (Å²) >= 11 is 0. The van der Waals surface area contributed by atoms with Crippen molar-refractivity contribution >= 4 is 0 Å². The Morgan fingerprint density at radius 1 is 1.26 bits per heavy atom. The van der Waals surface area contributed by atoms with Gasteiger partial charge in [0, 0.05) is 31.5 Å². The number of aromatic hydroxyl groups is 2. The van der Waals surface area contributed by atoms with Gasteiger partial charge >= 0.3 is 0 Å². The van der Waals surface area contributed by atoms with Crippen LogP contribution in [0, 0.1) is 0 Å². The van der Waals surface area contributed by atoms with Gasteiger partial charge in [-0.2, -0.15) is 0 Å². The fraction of sp³-hybridized carbons (Fsp3) is 0.357. The van der Waals surface area contributed by atoms with E-state index in [0.717, 1.165) is 11.4 Å². The zero-order chi connectivity index (χ0) is 14.0. The highest BCUT2D eigenvalue weighted by Crippen LogP contribution is 2.27. The molecule has 0 bridgehead atoms. The number of aryl methyl sites for hydroxylation is 1. The largest absolute Gasteiger partial charge is 0.508 e. The van der Waals surface area contributed by atoms with Crippen molar-refractivity contribution < 1.29 is 10.2 Å². The summed E-state index contributed by atoms with van der Waals surface area (Å²) in [4.78, 5) is 6.40. The predicted molar refractivity (Wildman–Crippen MR) is 72.9 cm³/mol. The Balaban J connectivity index is 2.14. The first-order valence-corrected chi connectivity index (χ1v) is 6.16. The molecule has 0 aliphatic heterocycles. The molecule has 0 aliphatic carbocycles. The quantitative estimate of drug-likeness (QED) is 0.884. The van der Waals surface area contributed by atoms with E-state index in [9.17, 15) is 10.2 Å². The molecule has 2 rings (SSSR count). The standard InChI is InChI=1S/C14H19N3O2/c1-10(11-6-12(18)8-13(19)7-11)17(3)9-14-15-4-5-16(14)2/h4-8,10,18-19H,9H2,1-3H3. The molecule has 0 fully saturated rings. The highest BCUT2D eigenvalue weighted by atomic mass is 16.3. The van der Waals surface area contributed by atoms with Crippen molar-refractivity contribution in [1.29, 1.82) is 0 Å². The summed E-state index contributed by atoms with van der Waals surface area (Å²) in [5.41, 5.74) is 0.870. The number of phenols is 2. The molecule has 5 heteroatoms. The zero-order valence-corrected chi connectivity index (χ0v) is 11.4. The number of rotatable bonds is 4. The summed E-state index contributed by atoms with van der Waals surface area (Å²) in [6, 6.07) is 4.72. The third-order valence-corrected chi connectivity index (χ3v) is 3.38. The van der Waals surface area contributed by atoms with E-state index in [-0.39, 0.29) is 17.5 Å². The van der Waals surface area contributed by atoms with Crippen LogP contribution in [0.15, 0.2) is 30.6 Å². The molecule has 0 saturated heterocycles. The molecule has 0 spiro atoms. The highest BCUT2D eigenvalue weighted by molar-refractivity contribution is 5.37. The molecular formula is C14H19N3O2. The molecule has 102 valence electrons. The second-order valence-electron chi connectivity index (χ2n) is 4.83. The molecule has 0 radical (unpaired) electrons. The van der Waals surface area contributed by atoms with Crippen LogP contribution >= 0.6 is 0 Å². The Morgan fingerprint density at radius 3 is 2.42 bits per heavy atom. The van der Waals surface area contributed by atoms with Crippen LogP contribution in [0.25, 0.3) is 0 Å². The van der Waals surface area contributed by atoms with Crippen LogP contribution in [0.2, 0.25) is 0 Å². The van der Waals surface area contributed by atoms with E-state index in [2.05, 4.69) is 9.88 Å². The van der Waals surface area contributed by atoms with Gasteiger partial charge in [0.05, 0.1) is 6.54 Å². The fourth-order valence-corrected chi connectivity index (χ4v) is 2.02. The first-order valence-electron chi connectivity index (χ1n) is 6.16. The second kappa shape index (κ2) is 5.32. The molecule has 1 aromatic carbocycles. The van der Waals surface area contributed by atoms with Crippen LogP contribution in [0.4, 0.5) is 0 Å². The van der Waals surface area contributed by atoms with Crippen molar-refractivity contribution in [1.82, 2.24) is 14.5 Å². The summed E-state index contributed by atoms with van der Waals surface area (Å²) in [6.07, 6.45) is 3.68. The maximum Gasteiger partial charge on any atom is 0.122 e. The lowest BCUT2D eigenvalue weighted by molar-refractivity contribution is 0.243. The number of nitrogens with zero attached hydrogens (tertiary/aromatic N) is 3. The lowest BCUT2D eigenvalue weighted by Crippen LogP contribution is -2.23. The molecular weight excluding hydrogens is 242 g/mol. The first kappa shape index (κ1) is 13.4. The van der Waals surface area contributed by atoms with E-state index in [1.165, 1.54) is 6.07 Å². The molecule has 5 nitrogen and oxygen atoms in total. The molecule has 1 aromatic heterocycles. The molecule has 1 heterocycles. The topological polar surface area (TPSA) is 61.5 Å². The maximum absolute atomic E-state index is 9.53. The summed E-state index contributed by atoms with van der Waals surface area (Å²) in [7, 11) is 3.95. The average molecular weight is 261 g/mol. The van der Waals surface area contributed by atoms with Gasteiger partial charge in [-0.15, -0.1) is 0 Å². The molecule has 0 saturated carbocycles. The number of aromatic nitrogens is 2. The lowest BCUT2D eigenvalue weighted by Gasteiger charge is -2.25. The van der Waals surface area contributed by atoms with Crippen molar-refractivity contribution in [2.75, 3.05) is 7.05 Å². The number of imidazole rings is 1. The molecule has 1 unspecified atom stereocenters. The van der Waals surface area contributed by atoms with Crippen molar-refractivity contribution in [2.24, 2.45) is 7.05 Å². The van der Waals surface area contributed by atoms with E-state index in [1.54, 1.807) is 18.3 Å². The van der Waals surface area contributed by atoms with Crippen molar-refractivity contribution in [3.63, 3.8) is 0 Å². The Hall–Kier alpha value is -2.01. The summed E-state index contributed by atoms with van der Waals surface area (Å²) in [5.74, 6) is 1.12. The van der Waals surface area contributed by atoms with Crippen molar-refractivity contribution in [2.45, 2.75) is 19.5 Å². The Bertz CT molecular complexity index is 545. The summed E-state index contributed by atoms with van der Waals surface area (Å²) in [5, 5.41) is 19.1. The van der Waals surface area contributed by atoms with Crippen LogP contribution in [0.3, 0.4) is 0 Å². The minimum absolute atomic E-state index is 0.0645. The predicted octanol–water partition coefficient (Wildman–Crippen LogP) is 2.02. The third-order valence-electron chi connectivity index (χ3n) is 3.38. The third kappa shape index (κ3) is 3.06. The minimum Gasteiger partial charge on any atom is -0.508 e. The molecule has 0 aliphatic rings. The highest BCUT2D eigenvalue weighted by Gasteiger charge is 2.15. The van der Waals surface area contributed by atoms with Gasteiger partial charge in [0.25, 0.3) is 0 Å². The van der Waals surface area contributed by atoms with Gasteiger partial charge in [0.2, 0.25) is 0 Å². The zero-order valence-electron chi connectivity index (χ0n) is 11.4. The Labute approximate surface area is 112 Å². The SMILES string of the molecule is CC(c1cc(O)cc(O)c1)N(C)Cc1nccn1C. The van der Waals surface area contributed by atoms with Gasteiger partial charge in [-0.25, -0.2) is 4.98 Å². The first-order chi connectivity index (χ1) is 8.97. The van der Waals surface area contributed by atoms with E-state index >= 15 is 0 Å². The average Bonchev–Trinajstić information content (AvgIpc) is 2.72. The normalized spacial score (nSPS) is 12.8. The van der Waals surface area contributed by atoms with Gasteiger partial charge in [-0.1, -0.05) is 0 Å². The summed E-state index contributed by atoms with van der Waals surface area (Å²) < 4.78 is 1.98. The van der Waals surface area contributed by atoms with Gasteiger partial charge in [0.1, 0.15) is 17.3 Å². The monoisotopic (exact) mass is 261 g/mol. The Morgan fingerprint density at radius 2 is 1.89 bits per heavy atom. The maximum atomic E-state index is 9.53. The van der Waals surface area contributed by atoms with E-state index in [4.69, 9.17) is 0 Å². The van der Waals surface area contributed by atoms with E-state index in [1.807, 2.05) is 31.8 Å². The minimum atomic E-state index is 0.0645.